The lowest BCUT2D eigenvalue weighted by Crippen LogP contribution is -2.47. The highest BCUT2D eigenvalue weighted by Gasteiger charge is 2.33. The van der Waals surface area contributed by atoms with Gasteiger partial charge in [-0.2, -0.15) is 0 Å². The van der Waals surface area contributed by atoms with Crippen LogP contribution in [0.4, 0.5) is 0 Å². The second-order valence-corrected chi connectivity index (χ2v) is 5.54. The van der Waals surface area contributed by atoms with Gasteiger partial charge < -0.3 is 5.73 Å². The number of nitrogens with two attached hydrogens (primary N) is 1. The molecule has 2 N–H and O–H groups in total. The molecule has 2 atom stereocenters. The van der Waals surface area contributed by atoms with Gasteiger partial charge in [0.1, 0.15) is 0 Å². The fourth-order valence-electron chi connectivity index (χ4n) is 2.87. The largest absolute Gasteiger partial charge is 0.325 e. The third-order valence-corrected chi connectivity index (χ3v) is 4.26. The van der Waals surface area contributed by atoms with E-state index in [0.29, 0.717) is 0 Å². The van der Waals surface area contributed by atoms with E-state index in [-0.39, 0.29) is 5.54 Å². The van der Waals surface area contributed by atoms with E-state index in [0.717, 1.165) is 5.92 Å². The van der Waals surface area contributed by atoms with Crippen LogP contribution in [0, 0.1) is 5.92 Å². The van der Waals surface area contributed by atoms with Crippen molar-refractivity contribution in [3.63, 3.8) is 0 Å². The van der Waals surface area contributed by atoms with Crippen LogP contribution in [0.5, 0.6) is 0 Å². The quantitative estimate of drug-likeness (QED) is 0.653. The van der Waals surface area contributed by atoms with Gasteiger partial charge in [-0.1, -0.05) is 58.8 Å². The van der Waals surface area contributed by atoms with E-state index in [1.165, 1.54) is 64.2 Å². The van der Waals surface area contributed by atoms with E-state index >= 15 is 0 Å². The Hall–Kier alpha value is -0.0400. The highest BCUT2D eigenvalue weighted by molar-refractivity contribution is 4.91. The van der Waals surface area contributed by atoms with Crippen molar-refractivity contribution < 1.29 is 0 Å². The van der Waals surface area contributed by atoms with Crippen molar-refractivity contribution in [1.29, 1.82) is 0 Å². The lowest BCUT2D eigenvalue weighted by molar-refractivity contribution is 0.187. The maximum Gasteiger partial charge on any atom is 0.0180 e. The van der Waals surface area contributed by atoms with Crippen molar-refractivity contribution in [3.8, 4) is 0 Å². The van der Waals surface area contributed by atoms with Gasteiger partial charge in [0, 0.05) is 5.54 Å². The molecule has 0 aromatic carbocycles. The average molecular weight is 211 g/mol. The first-order valence-corrected chi connectivity index (χ1v) is 6.98. The molecule has 0 radical (unpaired) electrons. The van der Waals surface area contributed by atoms with Gasteiger partial charge in [-0.15, -0.1) is 0 Å². The monoisotopic (exact) mass is 211 g/mol. The molecule has 1 fully saturated rings. The lowest BCUT2D eigenvalue weighted by Gasteiger charge is -2.39. The normalized spacial score (nSPS) is 31.8. The van der Waals surface area contributed by atoms with Crippen LogP contribution in [0.1, 0.15) is 78.1 Å². The molecule has 1 aliphatic rings. The molecule has 90 valence electrons. The minimum Gasteiger partial charge on any atom is -0.325 e. The predicted molar refractivity (Wildman–Crippen MR) is 67.9 cm³/mol. The minimum absolute atomic E-state index is 0.185. The van der Waals surface area contributed by atoms with Crippen LogP contribution in [-0.2, 0) is 0 Å². The zero-order valence-electron chi connectivity index (χ0n) is 10.7. The zero-order valence-corrected chi connectivity index (χ0v) is 10.7. The van der Waals surface area contributed by atoms with Crippen molar-refractivity contribution in [3.05, 3.63) is 0 Å². The molecule has 2 unspecified atom stereocenters. The first-order valence-electron chi connectivity index (χ1n) is 6.98. The molecule has 1 nitrogen and oxygen atoms in total. The summed E-state index contributed by atoms with van der Waals surface area (Å²) < 4.78 is 0. The van der Waals surface area contributed by atoms with Gasteiger partial charge in [-0.05, 0) is 25.2 Å². The van der Waals surface area contributed by atoms with Gasteiger partial charge in [0.15, 0.2) is 0 Å². The van der Waals surface area contributed by atoms with E-state index in [4.69, 9.17) is 5.73 Å². The number of rotatable bonds is 6. The van der Waals surface area contributed by atoms with E-state index < -0.39 is 0 Å². The molecule has 1 heteroatoms. The molecule has 15 heavy (non-hydrogen) atoms. The Morgan fingerprint density at radius 2 is 1.87 bits per heavy atom. The molecule has 1 aliphatic carbocycles. The van der Waals surface area contributed by atoms with Gasteiger partial charge in [0.2, 0.25) is 0 Å². The third-order valence-electron chi connectivity index (χ3n) is 4.26. The number of hydrogen-bond acceptors (Lipinski definition) is 1. The lowest BCUT2D eigenvalue weighted by atomic mass is 9.71. The molecule has 0 bridgehead atoms. The van der Waals surface area contributed by atoms with Crippen LogP contribution < -0.4 is 5.73 Å². The fraction of sp³-hybridized carbons (Fsp3) is 1.00. The standard InChI is InChI=1S/C14H29N/c1-3-4-5-6-8-11-14(15)12-9-7-10-13(14)2/h13H,3-12,15H2,1-2H3. The van der Waals surface area contributed by atoms with Gasteiger partial charge >= 0.3 is 0 Å². The second kappa shape index (κ2) is 6.52. The van der Waals surface area contributed by atoms with Crippen LogP contribution in [0.2, 0.25) is 0 Å². The van der Waals surface area contributed by atoms with E-state index in [1.807, 2.05) is 0 Å². The summed E-state index contributed by atoms with van der Waals surface area (Å²) in [6.45, 7) is 4.62. The Balaban J connectivity index is 2.17. The first-order chi connectivity index (χ1) is 7.19. The molecule has 0 aliphatic heterocycles. The SMILES string of the molecule is CCCCCCCC1(N)CCCCC1C. The minimum atomic E-state index is 0.185. The zero-order chi connectivity index (χ0) is 11.1. The summed E-state index contributed by atoms with van der Waals surface area (Å²) >= 11 is 0. The van der Waals surface area contributed by atoms with Gasteiger partial charge in [-0.25, -0.2) is 0 Å². The summed E-state index contributed by atoms with van der Waals surface area (Å²) in [4.78, 5) is 0. The van der Waals surface area contributed by atoms with Crippen molar-refractivity contribution in [2.45, 2.75) is 83.6 Å². The molecule has 0 saturated heterocycles. The Morgan fingerprint density at radius 3 is 2.53 bits per heavy atom. The topological polar surface area (TPSA) is 26.0 Å². The van der Waals surface area contributed by atoms with Gasteiger partial charge in [0.25, 0.3) is 0 Å². The Bertz CT molecular complexity index is 167. The molecule has 0 aromatic heterocycles. The highest BCUT2D eigenvalue weighted by Crippen LogP contribution is 2.35. The van der Waals surface area contributed by atoms with E-state index in [9.17, 15) is 0 Å². The summed E-state index contributed by atoms with van der Waals surface area (Å²) in [5.74, 6) is 0.748. The Morgan fingerprint density at radius 1 is 1.13 bits per heavy atom. The van der Waals surface area contributed by atoms with Crippen LogP contribution in [0.25, 0.3) is 0 Å². The third kappa shape index (κ3) is 4.14. The molecule has 0 amide bonds. The second-order valence-electron chi connectivity index (χ2n) is 5.54. The molecule has 0 spiro atoms. The maximum absolute atomic E-state index is 6.52. The maximum atomic E-state index is 6.52. The summed E-state index contributed by atoms with van der Waals surface area (Å²) in [5.41, 5.74) is 6.70. The van der Waals surface area contributed by atoms with Crippen molar-refractivity contribution in [2.75, 3.05) is 0 Å². The number of hydrogen-bond donors (Lipinski definition) is 1. The highest BCUT2D eigenvalue weighted by atomic mass is 14.8. The van der Waals surface area contributed by atoms with E-state index in [2.05, 4.69) is 13.8 Å². The summed E-state index contributed by atoms with van der Waals surface area (Å²) in [5, 5.41) is 0. The fourth-order valence-corrected chi connectivity index (χ4v) is 2.87. The summed E-state index contributed by atoms with van der Waals surface area (Å²) in [6.07, 6.45) is 13.5. The molecular formula is C14H29N. The van der Waals surface area contributed by atoms with Crippen molar-refractivity contribution >= 4 is 0 Å². The van der Waals surface area contributed by atoms with Crippen LogP contribution in [0.3, 0.4) is 0 Å². The van der Waals surface area contributed by atoms with Crippen molar-refractivity contribution in [2.24, 2.45) is 11.7 Å². The number of unbranched alkanes of at least 4 members (excludes halogenated alkanes) is 4. The molecule has 0 heterocycles. The molecular weight excluding hydrogens is 182 g/mol. The van der Waals surface area contributed by atoms with Gasteiger partial charge in [0.05, 0.1) is 0 Å². The average Bonchev–Trinajstić information content (AvgIpc) is 2.23. The smallest absolute Gasteiger partial charge is 0.0180 e. The molecule has 0 aromatic rings. The van der Waals surface area contributed by atoms with Crippen molar-refractivity contribution in [1.82, 2.24) is 0 Å². The Kier molecular flexibility index (Phi) is 5.66. The predicted octanol–water partition coefficient (Wildman–Crippen LogP) is 4.25. The van der Waals surface area contributed by atoms with Crippen LogP contribution in [-0.4, -0.2) is 5.54 Å². The van der Waals surface area contributed by atoms with Crippen LogP contribution >= 0.6 is 0 Å². The summed E-state index contributed by atoms with van der Waals surface area (Å²) in [6, 6.07) is 0. The first kappa shape index (κ1) is 13.0. The van der Waals surface area contributed by atoms with Gasteiger partial charge in [-0.3, -0.25) is 0 Å². The van der Waals surface area contributed by atoms with Crippen LogP contribution in [0.15, 0.2) is 0 Å². The molecule has 1 saturated carbocycles. The summed E-state index contributed by atoms with van der Waals surface area (Å²) in [7, 11) is 0. The Labute approximate surface area is 95.8 Å². The van der Waals surface area contributed by atoms with E-state index in [1.54, 1.807) is 0 Å². The molecule has 1 rings (SSSR count).